The number of carbonyl (C=O) groups is 2. The van der Waals surface area contributed by atoms with Crippen LogP contribution in [-0.2, 0) is 9.36 Å². The molecule has 21 heavy (non-hydrogen) atoms. The van der Waals surface area contributed by atoms with E-state index < -0.39 is 19.2 Å². The fourth-order valence-corrected chi connectivity index (χ4v) is 1.29. The van der Waals surface area contributed by atoms with E-state index in [1.165, 1.54) is 0 Å². The molecule has 0 saturated carbocycles. The van der Waals surface area contributed by atoms with Crippen molar-refractivity contribution >= 4 is 19.2 Å². The van der Waals surface area contributed by atoms with E-state index in [1.54, 1.807) is 21.1 Å². The summed E-state index contributed by atoms with van der Waals surface area (Å²) in [5.74, 6) is -1.00. The van der Waals surface area contributed by atoms with E-state index in [0.29, 0.717) is 15.5 Å². The van der Waals surface area contributed by atoms with Crippen molar-refractivity contribution < 1.29 is 38.0 Å². The molecule has 0 aliphatic heterocycles. The van der Waals surface area contributed by atoms with Gasteiger partial charge in [0.2, 0.25) is 5.65 Å². The molecule has 0 fully saturated rings. The summed E-state index contributed by atoms with van der Waals surface area (Å²) in [4.78, 5) is 40.7. The van der Waals surface area contributed by atoms with Gasteiger partial charge >= 0.3 is 0 Å². The predicted molar refractivity (Wildman–Crippen MR) is 71.8 cm³/mol. The zero-order valence-corrected chi connectivity index (χ0v) is 14.3. The Hall–Kier alpha value is -0.990. The van der Waals surface area contributed by atoms with Gasteiger partial charge in [0, 0.05) is 7.60 Å². The third kappa shape index (κ3) is 19.0. The number of carboxylic acids is 1. The maximum absolute atomic E-state index is 10.5. The van der Waals surface area contributed by atoms with E-state index in [1.807, 2.05) is 26.5 Å². The molecule has 0 radical (unpaired) electrons. The number of nitrogens with one attached hydrogen (secondary N) is 1. The van der Waals surface area contributed by atoms with Crippen LogP contribution in [0.1, 0.15) is 0 Å². The molecule has 0 aromatic rings. The van der Waals surface area contributed by atoms with E-state index in [-0.39, 0.29) is 13.1 Å². The van der Waals surface area contributed by atoms with E-state index in [2.05, 4.69) is 0 Å². The van der Waals surface area contributed by atoms with E-state index in [0.717, 1.165) is 0 Å². The number of likely N-dealkylation sites (N-methyl/N-ethyl adjacent to an activating group) is 2. The van der Waals surface area contributed by atoms with Gasteiger partial charge < -0.3 is 38.5 Å². The highest BCUT2D eigenvalue weighted by Gasteiger charge is 2.09. The number of hydrogen-bond acceptors (Lipinski definition) is 6. The first-order valence-electron chi connectivity index (χ1n) is 6.16. The molecule has 0 rings (SSSR count). The first-order valence-corrected chi connectivity index (χ1v) is 7.70. The van der Waals surface area contributed by atoms with Crippen LogP contribution in [0.3, 0.4) is 0 Å². The van der Waals surface area contributed by atoms with Gasteiger partial charge in [0.1, 0.15) is 6.54 Å². The number of carbonyl (C=O) groups excluding carboxylic acids is 2. The van der Waals surface area contributed by atoms with Gasteiger partial charge in [-0.05, 0) is 0 Å². The molecule has 0 bridgehead atoms. The Morgan fingerprint density at radius 3 is 1.62 bits per heavy atom. The largest absolute Gasteiger partial charge is 0.804 e. The van der Waals surface area contributed by atoms with Gasteiger partial charge in [0.25, 0.3) is 0 Å². The Balaban J connectivity index is 0. The summed E-state index contributed by atoms with van der Waals surface area (Å²) in [5, 5.41) is 11.9. The maximum atomic E-state index is 10.5. The van der Waals surface area contributed by atoms with Crippen molar-refractivity contribution in [2.24, 2.45) is 0 Å². The van der Waals surface area contributed by atoms with Gasteiger partial charge in [0.05, 0.1) is 61.3 Å². The second kappa shape index (κ2) is 8.45. The normalized spacial score (nSPS) is 12.2. The Labute approximate surface area is 125 Å². The van der Waals surface area contributed by atoms with Gasteiger partial charge in [0.15, 0.2) is 0 Å². The van der Waals surface area contributed by atoms with Crippen LogP contribution in [0.15, 0.2) is 0 Å². The van der Waals surface area contributed by atoms with Gasteiger partial charge in [-0.25, -0.2) is 0 Å². The van der Waals surface area contributed by atoms with Crippen LogP contribution in [0.2, 0.25) is 0 Å². The van der Waals surface area contributed by atoms with Crippen molar-refractivity contribution in [2.75, 3.05) is 61.9 Å². The lowest BCUT2D eigenvalue weighted by molar-refractivity contribution is -0.869. The summed E-state index contributed by atoms with van der Waals surface area (Å²) in [6.45, 7) is 0.808. The minimum atomic E-state index is -5.10. The lowest BCUT2D eigenvalue weighted by atomic mass is 10.5. The molecular formula is C11H25N3O6P-. The van der Waals surface area contributed by atoms with Gasteiger partial charge in [-0.3, -0.25) is 4.79 Å². The molecular weight excluding hydrogens is 301 g/mol. The summed E-state index contributed by atoms with van der Waals surface area (Å²) in [7, 11) is 5.98. The summed E-state index contributed by atoms with van der Waals surface area (Å²) in [6, 6.07) is 0. The monoisotopic (exact) mass is 326 g/mol. The SMILES string of the molecule is C[N+](C)(C)CC(=O)[O-].C[N+](C)(C)CCNC(=O)P(=O)([O-])[O-]. The van der Waals surface area contributed by atoms with E-state index in [4.69, 9.17) is 0 Å². The van der Waals surface area contributed by atoms with Gasteiger partial charge in [-0.2, -0.15) is 0 Å². The number of aliphatic carboxylic acids is 1. The van der Waals surface area contributed by atoms with Crippen LogP contribution in [0, 0.1) is 0 Å². The van der Waals surface area contributed by atoms with Crippen molar-refractivity contribution in [1.82, 2.24) is 5.32 Å². The zero-order valence-electron chi connectivity index (χ0n) is 13.4. The number of hydrogen-bond donors (Lipinski definition) is 1. The highest BCUT2D eigenvalue weighted by atomic mass is 31.2. The Morgan fingerprint density at radius 1 is 1.00 bits per heavy atom. The van der Waals surface area contributed by atoms with Crippen LogP contribution in [-0.4, -0.2) is 82.5 Å². The summed E-state index contributed by atoms with van der Waals surface area (Å²) < 4.78 is 11.1. The summed E-state index contributed by atoms with van der Waals surface area (Å²) in [5.41, 5.74) is -1.43. The predicted octanol–water partition coefficient (Wildman–Crippen LogP) is -3.24. The van der Waals surface area contributed by atoms with Gasteiger partial charge in [-0.1, -0.05) is 0 Å². The quantitative estimate of drug-likeness (QED) is 0.403. The van der Waals surface area contributed by atoms with Crippen molar-refractivity contribution in [3.05, 3.63) is 0 Å². The number of amides is 1. The lowest BCUT2D eigenvalue weighted by Crippen LogP contribution is -2.45. The van der Waals surface area contributed by atoms with Crippen LogP contribution < -0.4 is 20.2 Å². The lowest BCUT2D eigenvalue weighted by Gasteiger charge is -2.29. The number of nitrogens with zero attached hydrogens (tertiary/aromatic N) is 2. The van der Waals surface area contributed by atoms with Crippen LogP contribution in [0.5, 0.6) is 0 Å². The molecule has 1 amide bonds. The average molecular weight is 326 g/mol. The molecule has 126 valence electrons. The number of carboxylic acid groups (broad SMARTS) is 1. The molecule has 0 aromatic carbocycles. The molecule has 0 spiro atoms. The van der Waals surface area contributed by atoms with Crippen molar-refractivity contribution in [1.29, 1.82) is 0 Å². The van der Waals surface area contributed by atoms with Crippen LogP contribution in [0.25, 0.3) is 0 Å². The van der Waals surface area contributed by atoms with Crippen molar-refractivity contribution in [3.8, 4) is 0 Å². The second-order valence-corrected chi connectivity index (χ2v) is 7.96. The molecule has 0 aliphatic carbocycles. The Kier molecular flexibility index (Phi) is 8.97. The number of quaternary nitrogens is 2. The van der Waals surface area contributed by atoms with E-state index >= 15 is 0 Å². The summed E-state index contributed by atoms with van der Waals surface area (Å²) >= 11 is 0. The van der Waals surface area contributed by atoms with Crippen LogP contribution >= 0.6 is 7.60 Å². The third-order valence-corrected chi connectivity index (χ3v) is 2.57. The molecule has 0 heterocycles. The summed E-state index contributed by atoms with van der Waals surface area (Å²) in [6.07, 6.45) is 0. The molecule has 0 saturated heterocycles. The molecule has 0 aromatic heterocycles. The zero-order chi connectivity index (χ0) is 17.5. The minimum absolute atomic E-state index is 0.0694. The Bertz CT molecular complexity index is 394. The second-order valence-electron chi connectivity index (χ2n) is 6.56. The maximum Gasteiger partial charge on any atom is 0.249 e. The van der Waals surface area contributed by atoms with Crippen molar-refractivity contribution in [3.63, 3.8) is 0 Å². The Morgan fingerprint density at radius 2 is 1.43 bits per heavy atom. The highest BCUT2D eigenvalue weighted by Crippen LogP contribution is 2.22. The standard InChI is InChI=1S/C6H15N2O4P.C5H11NO2/c1-8(2,3)5-4-7-6(9)13(10,11)12;1-6(2,3)4-5(7)8/h4-5H2,1-3H3,(H2-,7,9,10,11,12);4H2,1-3H3/p-1. The first-order chi connectivity index (χ1) is 9.04. The molecule has 0 unspecified atom stereocenters. The van der Waals surface area contributed by atoms with Crippen molar-refractivity contribution in [2.45, 2.75) is 0 Å². The van der Waals surface area contributed by atoms with Gasteiger partial charge in [-0.15, -0.1) is 0 Å². The van der Waals surface area contributed by atoms with E-state index in [9.17, 15) is 29.0 Å². The highest BCUT2D eigenvalue weighted by molar-refractivity contribution is 7.67. The molecule has 10 heteroatoms. The minimum Gasteiger partial charge on any atom is -0.804 e. The topological polar surface area (TPSA) is 132 Å². The smallest absolute Gasteiger partial charge is 0.249 e. The third-order valence-electron chi connectivity index (χ3n) is 1.91. The molecule has 9 nitrogen and oxygen atoms in total. The number of rotatable bonds is 6. The van der Waals surface area contributed by atoms with Crippen LogP contribution in [0.4, 0.5) is 4.79 Å². The fourth-order valence-electron chi connectivity index (χ4n) is 0.982. The molecule has 0 atom stereocenters. The molecule has 1 N–H and O–H groups in total. The molecule has 0 aliphatic rings. The average Bonchev–Trinajstić information content (AvgIpc) is 2.10. The fraction of sp³-hybridized carbons (Fsp3) is 0.818. The first kappa shape index (κ1) is 22.3.